The molecule has 3 heteroatoms. The van der Waals surface area contributed by atoms with Gasteiger partial charge in [-0.3, -0.25) is 4.99 Å². The van der Waals surface area contributed by atoms with Gasteiger partial charge in [-0.2, -0.15) is 0 Å². The highest BCUT2D eigenvalue weighted by atomic mass is 15.2. The van der Waals surface area contributed by atoms with E-state index in [1.807, 2.05) is 6.92 Å². The van der Waals surface area contributed by atoms with Crippen LogP contribution in [0.2, 0.25) is 0 Å². The van der Waals surface area contributed by atoms with Crippen LogP contribution < -0.4 is 5.32 Å². The molecule has 0 aromatic carbocycles. The fraction of sp³-hybridized carbons (Fsp3) is 0.615. The number of rotatable bonds is 2. The summed E-state index contributed by atoms with van der Waals surface area (Å²) in [7, 11) is 0. The van der Waals surface area contributed by atoms with Crippen molar-refractivity contribution in [2.75, 3.05) is 26.2 Å². The molecule has 2 aliphatic heterocycles. The second kappa shape index (κ2) is 5.18. The van der Waals surface area contributed by atoms with Crippen LogP contribution in [-0.2, 0) is 0 Å². The van der Waals surface area contributed by atoms with Gasteiger partial charge in [-0.05, 0) is 32.4 Å². The third-order valence-corrected chi connectivity index (χ3v) is 2.92. The number of nitrogens with one attached hydrogen (secondary N) is 1. The van der Waals surface area contributed by atoms with Gasteiger partial charge in [0.25, 0.3) is 0 Å². The number of nitrogens with zero attached hydrogens (tertiary/aromatic N) is 2. The Hall–Kier alpha value is -1.27. The summed E-state index contributed by atoms with van der Waals surface area (Å²) in [5.41, 5.74) is 1.39. The van der Waals surface area contributed by atoms with Crippen LogP contribution in [0.5, 0.6) is 0 Å². The molecule has 1 N–H and O–H groups in total. The Morgan fingerprint density at radius 2 is 2.50 bits per heavy atom. The SMILES string of the molecule is CC#CCN1CC(C)N=C1C1=CCNCC1. The van der Waals surface area contributed by atoms with E-state index in [-0.39, 0.29) is 0 Å². The van der Waals surface area contributed by atoms with Gasteiger partial charge in [-0.15, -0.1) is 5.92 Å². The second-order valence-corrected chi connectivity index (χ2v) is 4.29. The van der Waals surface area contributed by atoms with Crippen LogP contribution >= 0.6 is 0 Å². The van der Waals surface area contributed by atoms with Gasteiger partial charge in [0.1, 0.15) is 5.84 Å². The topological polar surface area (TPSA) is 27.6 Å². The maximum atomic E-state index is 4.73. The van der Waals surface area contributed by atoms with Crippen molar-refractivity contribution in [2.45, 2.75) is 26.3 Å². The van der Waals surface area contributed by atoms with E-state index in [1.165, 1.54) is 11.4 Å². The molecule has 0 radical (unpaired) electrons. The molecule has 0 aliphatic carbocycles. The Kier molecular flexibility index (Phi) is 3.63. The smallest absolute Gasteiger partial charge is 0.127 e. The number of hydrogen-bond acceptors (Lipinski definition) is 3. The van der Waals surface area contributed by atoms with Crippen LogP contribution in [0.1, 0.15) is 20.3 Å². The summed E-state index contributed by atoms with van der Waals surface area (Å²) < 4.78 is 0. The standard InChI is InChI=1S/C13H19N3/c1-3-4-9-16-10-11(2)15-13(16)12-5-7-14-8-6-12/h5,11,14H,6-10H2,1-2H3. The average Bonchev–Trinajstić information content (AvgIpc) is 2.69. The highest BCUT2D eigenvalue weighted by Gasteiger charge is 2.24. The summed E-state index contributed by atoms with van der Waals surface area (Å²) in [6, 6.07) is 0.407. The second-order valence-electron chi connectivity index (χ2n) is 4.29. The van der Waals surface area contributed by atoms with E-state index in [0.717, 1.165) is 32.6 Å². The third-order valence-electron chi connectivity index (χ3n) is 2.92. The van der Waals surface area contributed by atoms with E-state index in [9.17, 15) is 0 Å². The van der Waals surface area contributed by atoms with Gasteiger partial charge >= 0.3 is 0 Å². The van der Waals surface area contributed by atoms with E-state index in [1.54, 1.807) is 0 Å². The Bertz CT molecular complexity index is 370. The van der Waals surface area contributed by atoms with Crippen LogP contribution in [-0.4, -0.2) is 43.0 Å². The van der Waals surface area contributed by atoms with Crippen LogP contribution in [0, 0.1) is 11.8 Å². The normalized spacial score (nSPS) is 24.6. The van der Waals surface area contributed by atoms with Crippen molar-refractivity contribution in [1.29, 1.82) is 0 Å². The van der Waals surface area contributed by atoms with Gasteiger partial charge in [0.2, 0.25) is 0 Å². The van der Waals surface area contributed by atoms with Crippen molar-refractivity contribution in [3.05, 3.63) is 11.6 Å². The van der Waals surface area contributed by atoms with Crippen molar-refractivity contribution in [3.8, 4) is 11.8 Å². The average molecular weight is 217 g/mol. The highest BCUT2D eigenvalue weighted by Crippen LogP contribution is 2.17. The molecule has 2 rings (SSSR count). The van der Waals surface area contributed by atoms with Crippen molar-refractivity contribution in [1.82, 2.24) is 10.2 Å². The van der Waals surface area contributed by atoms with Gasteiger partial charge in [-0.1, -0.05) is 12.0 Å². The van der Waals surface area contributed by atoms with Crippen molar-refractivity contribution in [3.63, 3.8) is 0 Å². The van der Waals surface area contributed by atoms with Crippen molar-refractivity contribution in [2.24, 2.45) is 4.99 Å². The molecule has 16 heavy (non-hydrogen) atoms. The molecule has 1 atom stereocenters. The molecule has 1 unspecified atom stereocenters. The summed E-state index contributed by atoms with van der Waals surface area (Å²) in [5.74, 6) is 7.26. The van der Waals surface area contributed by atoms with Crippen LogP contribution in [0.25, 0.3) is 0 Å². The number of aliphatic imine (C=N–C) groups is 1. The summed E-state index contributed by atoms with van der Waals surface area (Å²) in [6.07, 6.45) is 3.34. The summed E-state index contributed by atoms with van der Waals surface area (Å²) in [5, 5.41) is 3.33. The predicted octanol–water partition coefficient (Wildman–Crippen LogP) is 1.03. The molecule has 0 fully saturated rings. The van der Waals surface area contributed by atoms with Gasteiger partial charge in [-0.25, -0.2) is 0 Å². The summed E-state index contributed by atoms with van der Waals surface area (Å²) in [4.78, 5) is 7.03. The first-order chi connectivity index (χ1) is 7.81. The minimum absolute atomic E-state index is 0.407. The van der Waals surface area contributed by atoms with E-state index < -0.39 is 0 Å². The molecular weight excluding hydrogens is 198 g/mol. The Morgan fingerprint density at radius 3 is 3.19 bits per heavy atom. The van der Waals surface area contributed by atoms with Gasteiger partial charge < -0.3 is 10.2 Å². The highest BCUT2D eigenvalue weighted by molar-refractivity contribution is 5.99. The molecule has 3 nitrogen and oxygen atoms in total. The molecule has 0 saturated heterocycles. The first-order valence-electron chi connectivity index (χ1n) is 5.93. The molecule has 0 spiro atoms. The largest absolute Gasteiger partial charge is 0.343 e. The number of hydrogen-bond donors (Lipinski definition) is 1. The zero-order valence-electron chi connectivity index (χ0n) is 10.1. The molecule has 2 aliphatic rings. The first kappa shape index (κ1) is 11.2. The Balaban J connectivity index is 2.12. The van der Waals surface area contributed by atoms with Gasteiger partial charge in [0, 0.05) is 13.1 Å². The van der Waals surface area contributed by atoms with Crippen molar-refractivity contribution >= 4 is 5.84 Å². The van der Waals surface area contributed by atoms with Crippen LogP contribution in [0.4, 0.5) is 0 Å². The van der Waals surface area contributed by atoms with Gasteiger partial charge in [0.15, 0.2) is 0 Å². The monoisotopic (exact) mass is 217 g/mol. The molecule has 0 saturated carbocycles. The van der Waals surface area contributed by atoms with Crippen LogP contribution in [0.15, 0.2) is 16.6 Å². The fourth-order valence-corrected chi connectivity index (χ4v) is 2.16. The molecule has 0 aromatic heterocycles. The first-order valence-corrected chi connectivity index (χ1v) is 5.93. The maximum Gasteiger partial charge on any atom is 0.127 e. The fourth-order valence-electron chi connectivity index (χ4n) is 2.16. The third kappa shape index (κ3) is 2.45. The molecule has 0 bridgehead atoms. The van der Waals surface area contributed by atoms with Crippen molar-refractivity contribution < 1.29 is 0 Å². The molecular formula is C13H19N3. The zero-order valence-corrected chi connectivity index (χ0v) is 10.1. The number of amidine groups is 1. The molecule has 0 amide bonds. The van der Waals surface area contributed by atoms with Gasteiger partial charge in [0.05, 0.1) is 12.6 Å². The van der Waals surface area contributed by atoms with Crippen LogP contribution in [0.3, 0.4) is 0 Å². The molecule has 0 aromatic rings. The Morgan fingerprint density at radius 1 is 1.62 bits per heavy atom. The van der Waals surface area contributed by atoms with E-state index in [2.05, 4.69) is 35.1 Å². The molecule has 2 heterocycles. The minimum atomic E-state index is 0.407. The summed E-state index contributed by atoms with van der Waals surface area (Å²) in [6.45, 7) is 7.91. The lowest BCUT2D eigenvalue weighted by atomic mass is 10.1. The summed E-state index contributed by atoms with van der Waals surface area (Å²) >= 11 is 0. The lowest BCUT2D eigenvalue weighted by Crippen LogP contribution is -2.33. The van der Waals surface area contributed by atoms with E-state index >= 15 is 0 Å². The van der Waals surface area contributed by atoms with E-state index in [0.29, 0.717) is 6.04 Å². The Labute approximate surface area is 97.6 Å². The minimum Gasteiger partial charge on any atom is -0.343 e. The lowest BCUT2D eigenvalue weighted by molar-refractivity contribution is 0.477. The zero-order chi connectivity index (χ0) is 11.4. The maximum absolute atomic E-state index is 4.73. The van der Waals surface area contributed by atoms with E-state index in [4.69, 9.17) is 4.99 Å². The quantitative estimate of drug-likeness (QED) is 0.700. The molecule has 86 valence electrons. The predicted molar refractivity (Wildman–Crippen MR) is 67.5 cm³/mol. The lowest BCUT2D eigenvalue weighted by Gasteiger charge is -2.22.